The minimum absolute atomic E-state index is 0.568. The van der Waals surface area contributed by atoms with Crippen LogP contribution in [-0.2, 0) is 0 Å². The summed E-state index contributed by atoms with van der Waals surface area (Å²) in [7, 11) is 0. The van der Waals surface area contributed by atoms with E-state index in [1.165, 1.54) is 21.5 Å². The van der Waals surface area contributed by atoms with Crippen LogP contribution in [0.1, 0.15) is 0 Å². The maximum absolute atomic E-state index is 6.81. The van der Waals surface area contributed by atoms with Gasteiger partial charge in [0.25, 0.3) is 0 Å². The highest BCUT2D eigenvalue weighted by atomic mass is 16.5. The minimum atomic E-state index is 0.568. The topological polar surface area (TPSA) is 52.8 Å². The first kappa shape index (κ1) is 27.1. The second-order valence-electron chi connectivity index (χ2n) is 12.8. The fraction of sp³-hybridized carbons (Fsp3) is 0. The van der Waals surface area contributed by atoms with Crippen LogP contribution in [-0.4, -0.2) is 19.5 Å². The fourth-order valence-corrected chi connectivity index (χ4v) is 7.73. The molecule has 3 heterocycles. The number of hydrogen-bond donors (Lipinski definition) is 0. The molecule has 1 aliphatic heterocycles. The molecule has 0 unspecified atom stereocenters. The predicted octanol–water partition coefficient (Wildman–Crippen LogP) is 11.5. The van der Waals surface area contributed by atoms with Crippen molar-refractivity contribution in [1.29, 1.82) is 0 Å². The highest BCUT2D eigenvalue weighted by Gasteiger charge is 2.25. The lowest BCUT2D eigenvalue weighted by molar-refractivity contribution is 0.494. The summed E-state index contributed by atoms with van der Waals surface area (Å²) in [6, 6.07) is 54.9. The number of fused-ring (bicyclic) bond motifs is 3. The Morgan fingerprint density at radius 3 is 1.88 bits per heavy atom. The van der Waals surface area contributed by atoms with Crippen molar-refractivity contribution in [2.45, 2.75) is 0 Å². The molecule has 0 fully saturated rings. The molecule has 0 spiro atoms. The lowest BCUT2D eigenvalue weighted by Crippen LogP contribution is -2.03. The molecule has 0 bridgehead atoms. The van der Waals surface area contributed by atoms with E-state index in [0.29, 0.717) is 17.5 Å². The van der Waals surface area contributed by atoms with Gasteiger partial charge in [0.2, 0.25) is 0 Å². The Labute approximate surface area is 286 Å². The van der Waals surface area contributed by atoms with Crippen LogP contribution in [0, 0.1) is 0 Å². The van der Waals surface area contributed by atoms with Crippen molar-refractivity contribution in [3.8, 4) is 51.3 Å². The Balaban J connectivity index is 1.18. The first-order valence-corrected chi connectivity index (χ1v) is 16.8. The van der Waals surface area contributed by atoms with Crippen LogP contribution in [0.3, 0.4) is 0 Å². The first-order valence-electron chi connectivity index (χ1n) is 16.8. The maximum Gasteiger partial charge on any atom is 0.167 e. The summed E-state index contributed by atoms with van der Waals surface area (Å²) >= 11 is 0. The smallest absolute Gasteiger partial charge is 0.167 e. The lowest BCUT2D eigenvalue weighted by Gasteiger charge is -2.22. The van der Waals surface area contributed by atoms with Crippen LogP contribution in [0.2, 0.25) is 0 Å². The molecule has 0 saturated heterocycles. The molecule has 0 radical (unpaired) electrons. The number of hydrogen-bond acceptors (Lipinski definition) is 4. The van der Waals surface area contributed by atoms with Crippen molar-refractivity contribution >= 4 is 54.1 Å². The van der Waals surface area contributed by atoms with Gasteiger partial charge in [0.05, 0.1) is 16.6 Å². The Morgan fingerprint density at radius 1 is 0.420 bits per heavy atom. The molecule has 5 nitrogen and oxygen atoms in total. The van der Waals surface area contributed by atoms with E-state index in [1.54, 1.807) is 0 Å². The average Bonchev–Trinajstić information content (AvgIpc) is 3.52. The van der Waals surface area contributed by atoms with E-state index in [2.05, 4.69) is 126 Å². The largest absolute Gasteiger partial charge is 0.455 e. The molecule has 232 valence electrons. The summed E-state index contributed by atoms with van der Waals surface area (Å²) in [4.78, 5) is 15.4. The van der Waals surface area contributed by atoms with Gasteiger partial charge in [-0.05, 0) is 52.6 Å². The monoisotopic (exact) mass is 638 g/mol. The molecule has 11 rings (SSSR count). The summed E-state index contributed by atoms with van der Waals surface area (Å²) in [5.41, 5.74) is 6.01. The van der Waals surface area contributed by atoms with Gasteiger partial charge >= 0.3 is 0 Å². The molecule has 2 aromatic heterocycles. The highest BCUT2D eigenvalue weighted by molar-refractivity contribution is 6.26. The van der Waals surface area contributed by atoms with Gasteiger partial charge < -0.3 is 9.30 Å². The third kappa shape index (κ3) is 3.92. The Kier molecular flexibility index (Phi) is 5.60. The first-order chi connectivity index (χ1) is 24.8. The van der Waals surface area contributed by atoms with Crippen molar-refractivity contribution in [2.24, 2.45) is 0 Å². The van der Waals surface area contributed by atoms with Crippen LogP contribution < -0.4 is 4.74 Å². The molecule has 0 saturated carbocycles. The Hall–Kier alpha value is -6.85. The van der Waals surface area contributed by atoms with E-state index in [-0.39, 0.29) is 0 Å². The number of ether oxygens (including phenoxy) is 1. The summed E-state index contributed by atoms with van der Waals surface area (Å²) in [5.74, 6) is 3.40. The Bertz CT molecular complexity index is 3000. The van der Waals surface area contributed by atoms with E-state index < -0.39 is 0 Å². The van der Waals surface area contributed by atoms with Crippen LogP contribution in [0.5, 0.6) is 11.5 Å². The second-order valence-corrected chi connectivity index (χ2v) is 12.8. The fourth-order valence-electron chi connectivity index (χ4n) is 7.73. The van der Waals surface area contributed by atoms with E-state index >= 15 is 0 Å². The minimum Gasteiger partial charge on any atom is -0.455 e. The van der Waals surface area contributed by atoms with Crippen LogP contribution in [0.15, 0.2) is 158 Å². The molecular weight excluding hydrogens is 613 g/mol. The number of para-hydroxylation sites is 2. The SMILES string of the molecule is c1ccc(-c2nc(-c3ccc4c5ccccc5n(-c5ccccc5)c4c3)nc(-c3ccc4ccc5ccc6cccc7c6c5c4c3O7)n2)cc1. The van der Waals surface area contributed by atoms with Gasteiger partial charge in [0, 0.05) is 43.7 Å². The lowest BCUT2D eigenvalue weighted by atomic mass is 9.92. The van der Waals surface area contributed by atoms with Gasteiger partial charge in [0.15, 0.2) is 17.5 Å². The van der Waals surface area contributed by atoms with Crippen molar-refractivity contribution in [3.63, 3.8) is 0 Å². The zero-order valence-electron chi connectivity index (χ0n) is 26.7. The summed E-state index contributed by atoms with van der Waals surface area (Å²) < 4.78 is 9.13. The van der Waals surface area contributed by atoms with Crippen molar-refractivity contribution in [3.05, 3.63) is 158 Å². The zero-order valence-corrected chi connectivity index (χ0v) is 26.7. The molecule has 1 aliphatic rings. The molecule has 0 atom stereocenters. The van der Waals surface area contributed by atoms with E-state index in [1.807, 2.05) is 36.4 Å². The molecule has 50 heavy (non-hydrogen) atoms. The number of nitrogens with zero attached hydrogens (tertiary/aromatic N) is 4. The average molecular weight is 639 g/mol. The quantitative estimate of drug-likeness (QED) is 0.180. The summed E-state index contributed by atoms with van der Waals surface area (Å²) in [6.07, 6.45) is 0. The van der Waals surface area contributed by atoms with Gasteiger partial charge in [-0.2, -0.15) is 0 Å². The number of benzene rings is 8. The zero-order chi connectivity index (χ0) is 32.8. The van der Waals surface area contributed by atoms with Crippen LogP contribution >= 0.6 is 0 Å². The van der Waals surface area contributed by atoms with E-state index in [4.69, 9.17) is 19.7 Å². The molecule has 0 aliphatic carbocycles. The van der Waals surface area contributed by atoms with E-state index in [0.717, 1.165) is 66.5 Å². The van der Waals surface area contributed by atoms with E-state index in [9.17, 15) is 0 Å². The summed E-state index contributed by atoms with van der Waals surface area (Å²) in [5, 5.41) is 9.27. The normalized spacial score (nSPS) is 12.2. The maximum atomic E-state index is 6.81. The van der Waals surface area contributed by atoms with Crippen molar-refractivity contribution in [1.82, 2.24) is 19.5 Å². The highest BCUT2D eigenvalue weighted by Crippen LogP contribution is 2.50. The molecule has 0 amide bonds. The number of aromatic nitrogens is 4. The molecular formula is C45H26N4O. The van der Waals surface area contributed by atoms with Gasteiger partial charge in [-0.3, -0.25) is 0 Å². The van der Waals surface area contributed by atoms with Crippen LogP contribution in [0.25, 0.3) is 94.0 Å². The third-order valence-corrected chi connectivity index (χ3v) is 9.99. The number of rotatable bonds is 4. The van der Waals surface area contributed by atoms with Gasteiger partial charge in [0.1, 0.15) is 11.5 Å². The molecule has 8 aromatic carbocycles. The second kappa shape index (κ2) is 10.3. The molecule has 5 heteroatoms. The summed E-state index contributed by atoms with van der Waals surface area (Å²) in [6.45, 7) is 0. The van der Waals surface area contributed by atoms with Crippen LogP contribution in [0.4, 0.5) is 0 Å². The standard InChI is InChI=1S/C45H26N4O/c1-3-10-30(11-4-1)43-46-44(31-23-24-34-33-15-7-8-16-36(33)49(37(34)26-31)32-13-5-2-6-14-32)48-45(47-43)35-25-22-29-21-20-28-19-18-27-12-9-17-38-39(27)40(28)41(29)42(35)50-38/h1-26H. The van der Waals surface area contributed by atoms with Gasteiger partial charge in [-0.25, -0.2) is 15.0 Å². The predicted molar refractivity (Wildman–Crippen MR) is 203 cm³/mol. The van der Waals surface area contributed by atoms with Gasteiger partial charge in [-0.15, -0.1) is 0 Å². The van der Waals surface area contributed by atoms with Gasteiger partial charge in [-0.1, -0.05) is 121 Å². The third-order valence-electron chi connectivity index (χ3n) is 9.99. The van der Waals surface area contributed by atoms with Crippen molar-refractivity contribution < 1.29 is 4.74 Å². The molecule has 0 N–H and O–H groups in total. The molecule has 10 aromatic rings. The van der Waals surface area contributed by atoms with Crippen molar-refractivity contribution in [2.75, 3.05) is 0 Å². The Morgan fingerprint density at radius 2 is 1.06 bits per heavy atom.